The Balaban J connectivity index is -0.0000000360. The first-order valence-electron chi connectivity index (χ1n) is 0.674. The molecule has 0 bridgehead atoms. The molecule has 0 aromatic carbocycles. The van der Waals surface area contributed by atoms with E-state index in [1.807, 2.05) is 0 Å². The molecular formula is Cl2MoN2O2-2. The van der Waals surface area contributed by atoms with E-state index in [2.05, 4.69) is 0 Å². The molecule has 0 radical (unpaired) electrons. The molecule has 0 aliphatic heterocycles. The van der Waals surface area contributed by atoms with Gasteiger partial charge in [0, 0.05) is 0 Å². The summed E-state index contributed by atoms with van der Waals surface area (Å²) in [5.41, 5.74) is 11.5. The molecule has 0 saturated carbocycles. The van der Waals surface area contributed by atoms with Crippen LogP contribution < -0.4 is 0 Å². The van der Waals surface area contributed by atoms with Crippen LogP contribution in [-0.4, -0.2) is 0 Å². The van der Waals surface area contributed by atoms with Gasteiger partial charge in [-0.1, -0.05) is 0 Å². The molecule has 0 aromatic rings. The van der Waals surface area contributed by atoms with Crippen molar-refractivity contribution in [1.82, 2.24) is 0 Å². The summed E-state index contributed by atoms with van der Waals surface area (Å²) in [7, 11) is 9.79. The first kappa shape index (κ1) is 15.7. The molecule has 0 aliphatic rings. The van der Waals surface area contributed by atoms with Crippen LogP contribution in [0.15, 0.2) is 0 Å². The smallest absolute Gasteiger partial charge is 0.423 e. The van der Waals surface area contributed by atoms with E-state index in [4.69, 9.17) is 39.8 Å². The van der Waals surface area contributed by atoms with Crippen LogP contribution >= 0.6 is 18.8 Å². The van der Waals surface area contributed by atoms with Crippen LogP contribution in [0.25, 0.3) is 11.2 Å². The predicted octanol–water partition coefficient (Wildman–Crippen LogP) is 2.02. The van der Waals surface area contributed by atoms with E-state index in [0.717, 1.165) is 0 Å². The van der Waals surface area contributed by atoms with Gasteiger partial charge in [0.2, 0.25) is 0 Å². The van der Waals surface area contributed by atoms with Crippen molar-refractivity contribution < 1.29 is 16.5 Å². The summed E-state index contributed by atoms with van der Waals surface area (Å²) in [6.45, 7) is 0. The van der Waals surface area contributed by atoms with Crippen LogP contribution in [0, 0.1) is 9.81 Å². The zero-order valence-corrected chi connectivity index (χ0v) is 6.39. The fourth-order valence-corrected chi connectivity index (χ4v) is 0. The van der Waals surface area contributed by atoms with Gasteiger partial charge in [-0.25, -0.2) is 0 Å². The van der Waals surface area contributed by atoms with Crippen molar-refractivity contribution >= 4 is 18.8 Å². The van der Waals surface area contributed by atoms with E-state index < -0.39 is 16.5 Å². The fraction of sp³-hybridized carbons (Fsp3) is 0. The Hall–Kier alpha value is 0.468. The Bertz CT molecular complexity index is 21.2. The largest absolute Gasteiger partial charge is 0.577 e. The summed E-state index contributed by atoms with van der Waals surface area (Å²) >= 11 is -0.586. The first-order valence-corrected chi connectivity index (χ1v) is 5.84. The number of hydrogen-bond donors (Lipinski definition) is 0. The Kier molecular flexibility index (Phi) is 201. The minimum atomic E-state index is -0.586. The van der Waals surface area contributed by atoms with E-state index in [1.165, 1.54) is 0 Å². The van der Waals surface area contributed by atoms with Gasteiger partial charge < -0.3 is 21.0 Å². The molecule has 44 valence electrons. The van der Waals surface area contributed by atoms with E-state index >= 15 is 0 Å². The van der Waals surface area contributed by atoms with Gasteiger partial charge in [0.15, 0.2) is 0 Å². The number of hydrogen-bond acceptors (Lipinski definition) is 2. The minimum Gasteiger partial charge on any atom is -0.577 e. The van der Waals surface area contributed by atoms with E-state index in [-0.39, 0.29) is 0 Å². The van der Waals surface area contributed by atoms with Gasteiger partial charge in [0.25, 0.3) is 0 Å². The third-order valence-corrected chi connectivity index (χ3v) is 0. The second kappa shape index (κ2) is 89.7. The molecule has 0 spiro atoms. The normalized spacial score (nSPS) is 3.71. The SMILES string of the molecule is [Cl][Mo][Cl].[N-]=O.[N-]=O. The Morgan fingerprint density at radius 2 is 1.00 bits per heavy atom. The van der Waals surface area contributed by atoms with E-state index in [0.29, 0.717) is 0 Å². The quantitative estimate of drug-likeness (QED) is 0.593. The Morgan fingerprint density at radius 3 is 1.00 bits per heavy atom. The molecule has 0 fully saturated rings. The van der Waals surface area contributed by atoms with Crippen molar-refractivity contribution in [2.45, 2.75) is 0 Å². The van der Waals surface area contributed by atoms with Gasteiger partial charge in [-0.3, -0.25) is 0 Å². The molecule has 0 atom stereocenters. The monoisotopic (exact) mass is 228 g/mol. The number of nitroso groups, excluding NO2 is 2. The second-order valence-electron chi connectivity index (χ2n) is 0.0583. The van der Waals surface area contributed by atoms with E-state index in [1.54, 1.807) is 0 Å². The third kappa shape index (κ3) is 589. The minimum absolute atomic E-state index is 0.586. The van der Waals surface area contributed by atoms with Crippen LogP contribution in [0.5, 0.6) is 0 Å². The van der Waals surface area contributed by atoms with Crippen molar-refractivity contribution in [1.29, 1.82) is 0 Å². The molecular weight excluding hydrogens is 227 g/mol. The van der Waals surface area contributed by atoms with Crippen molar-refractivity contribution in [2.24, 2.45) is 0 Å². The molecule has 4 nitrogen and oxygen atoms in total. The zero-order chi connectivity index (χ0) is 6.71. The summed E-state index contributed by atoms with van der Waals surface area (Å²) in [4.78, 5) is 14.5. The molecule has 0 aromatic heterocycles. The second-order valence-corrected chi connectivity index (χ2v) is 3.11. The van der Waals surface area contributed by atoms with Gasteiger partial charge in [-0.05, 0) is 0 Å². The van der Waals surface area contributed by atoms with Gasteiger partial charge >= 0.3 is 35.3 Å². The number of halogens is 2. The van der Waals surface area contributed by atoms with Crippen LogP contribution in [0.1, 0.15) is 0 Å². The van der Waals surface area contributed by atoms with Gasteiger partial charge in [0.05, 0.1) is 0 Å². The van der Waals surface area contributed by atoms with Gasteiger partial charge in [-0.15, -0.1) is 0 Å². The topological polar surface area (TPSA) is 78.7 Å². The first-order chi connectivity index (χ1) is 3.41. The van der Waals surface area contributed by atoms with E-state index in [9.17, 15) is 0 Å². The van der Waals surface area contributed by atoms with Crippen molar-refractivity contribution in [3.05, 3.63) is 21.0 Å². The van der Waals surface area contributed by atoms with Crippen LogP contribution in [-0.2, 0) is 16.5 Å². The summed E-state index contributed by atoms with van der Waals surface area (Å²) in [6, 6.07) is 0. The Morgan fingerprint density at radius 1 is 1.00 bits per heavy atom. The molecule has 0 amide bonds. The average molecular weight is 227 g/mol. The van der Waals surface area contributed by atoms with Crippen LogP contribution in [0.3, 0.4) is 0 Å². The fourth-order valence-electron chi connectivity index (χ4n) is 0. The zero-order valence-electron chi connectivity index (χ0n) is 2.88. The standard InChI is InChI=1S/2ClH.Mo.2NO/c;;;2*1-2/h2*1H;;;/q;;+2;2*-1/p-2. The maximum absolute atomic E-state index is 7.25. The molecule has 0 N–H and O–H groups in total. The maximum atomic E-state index is 7.25. The number of nitrogens with zero attached hydrogens (tertiary/aromatic N) is 2. The maximum Gasteiger partial charge on any atom is -0.423 e. The summed E-state index contributed by atoms with van der Waals surface area (Å²) in [6.07, 6.45) is 0. The summed E-state index contributed by atoms with van der Waals surface area (Å²) in [5, 5.41) is 0. The van der Waals surface area contributed by atoms with Crippen LogP contribution in [0.2, 0.25) is 0 Å². The number of rotatable bonds is 0. The molecule has 0 saturated heterocycles. The summed E-state index contributed by atoms with van der Waals surface area (Å²) in [5.74, 6) is 0. The molecule has 7 heavy (non-hydrogen) atoms. The molecule has 0 unspecified atom stereocenters. The molecule has 7 heteroatoms. The van der Waals surface area contributed by atoms with Crippen molar-refractivity contribution in [3.63, 3.8) is 0 Å². The van der Waals surface area contributed by atoms with Crippen molar-refractivity contribution in [2.75, 3.05) is 0 Å². The predicted molar refractivity (Wildman–Crippen MR) is 25.2 cm³/mol. The Labute approximate surface area is 56.5 Å². The molecule has 0 heterocycles. The van der Waals surface area contributed by atoms with Crippen molar-refractivity contribution in [3.8, 4) is 0 Å². The molecule has 0 aliphatic carbocycles. The van der Waals surface area contributed by atoms with Gasteiger partial charge in [0.1, 0.15) is 0 Å². The summed E-state index contributed by atoms with van der Waals surface area (Å²) < 4.78 is 0. The van der Waals surface area contributed by atoms with Crippen LogP contribution in [0.4, 0.5) is 0 Å². The third-order valence-electron chi connectivity index (χ3n) is 0. The molecule has 0 rings (SSSR count). The van der Waals surface area contributed by atoms with Gasteiger partial charge in [-0.2, -0.15) is 0 Å². The average Bonchev–Trinajstić information content (AvgIpc) is 1.78.